The molecule has 0 aliphatic heterocycles. The lowest BCUT2D eigenvalue weighted by Crippen LogP contribution is -1.99. The minimum absolute atomic E-state index is 0.00461. The Kier molecular flexibility index (Phi) is 6.53. The van der Waals surface area contributed by atoms with Crippen molar-refractivity contribution in [3.63, 3.8) is 0 Å². The number of hydrogen-bond donors (Lipinski definition) is 2. The minimum atomic E-state index is -3.45. The largest absolute Gasteiger partial charge is 0.507 e. The number of phenols is 1. The van der Waals surface area contributed by atoms with Crippen molar-refractivity contribution in [3.05, 3.63) is 54.1 Å². The molecule has 0 aliphatic carbocycles. The first kappa shape index (κ1) is 21.5. The van der Waals surface area contributed by atoms with E-state index >= 15 is 0 Å². The molecule has 3 aromatic carbocycles. The fraction of sp³-hybridized carbons (Fsp3) is 0.105. The third-order valence-corrected chi connectivity index (χ3v) is 5.35. The molecule has 0 aromatic heterocycles. The maximum absolute atomic E-state index is 11.7. The molecule has 0 amide bonds. The van der Waals surface area contributed by atoms with Crippen LogP contribution in [0.4, 0.5) is 17.1 Å². The van der Waals surface area contributed by atoms with Gasteiger partial charge in [-0.3, -0.25) is 0 Å². The van der Waals surface area contributed by atoms with Gasteiger partial charge in [0.15, 0.2) is 9.84 Å². The van der Waals surface area contributed by atoms with Crippen molar-refractivity contribution >= 4 is 49.7 Å². The molecule has 2 N–H and O–H groups in total. The average molecular weight is 444 g/mol. The van der Waals surface area contributed by atoms with Crippen molar-refractivity contribution in [3.8, 4) is 11.8 Å². The summed E-state index contributed by atoms with van der Waals surface area (Å²) in [4.78, 5) is 4.86. The van der Waals surface area contributed by atoms with E-state index in [9.17, 15) is 18.8 Å². The zero-order chi connectivity index (χ0) is 21.7. The van der Waals surface area contributed by atoms with Crippen molar-refractivity contribution < 1.29 is 22.8 Å². The van der Waals surface area contributed by atoms with Gasteiger partial charge in [-0.15, -0.1) is 19.6 Å². The lowest BCUT2D eigenvalue weighted by Gasteiger charge is -2.10. The number of hydrogen-bond acceptors (Lipinski definition) is 10. The molecule has 0 bridgehead atoms. The van der Waals surface area contributed by atoms with Crippen LogP contribution in [0.25, 0.3) is 10.8 Å². The Labute approximate surface area is 177 Å². The molecule has 0 unspecified atom stereocenters. The molecule has 30 heavy (non-hydrogen) atoms. The van der Waals surface area contributed by atoms with Gasteiger partial charge in [-0.2, -0.15) is 5.26 Å². The molecule has 0 saturated heterocycles. The van der Waals surface area contributed by atoms with Gasteiger partial charge in [0.2, 0.25) is 0 Å². The zero-order valence-electron chi connectivity index (χ0n) is 15.9. The Morgan fingerprint density at radius 2 is 1.87 bits per heavy atom. The summed E-state index contributed by atoms with van der Waals surface area (Å²) in [6.45, 7) is 0. The van der Waals surface area contributed by atoms with Gasteiger partial charge >= 0.3 is 0 Å². The minimum Gasteiger partial charge on any atom is -0.507 e. The van der Waals surface area contributed by atoms with Crippen LogP contribution in [0, 0.1) is 11.3 Å². The summed E-state index contributed by atoms with van der Waals surface area (Å²) in [7, 11) is -3.45. The van der Waals surface area contributed by atoms with Crippen LogP contribution in [0.3, 0.4) is 0 Å². The van der Waals surface area contributed by atoms with Crippen LogP contribution in [0.2, 0.25) is 0 Å². The summed E-state index contributed by atoms with van der Waals surface area (Å²) in [5, 5.41) is 28.9. The summed E-state index contributed by atoms with van der Waals surface area (Å²) < 4.78 is 28.1. The number of nitrogens with zero attached hydrogens (tertiary/aromatic N) is 3. The van der Waals surface area contributed by atoms with E-state index in [4.69, 9.17) is 9.32 Å². The second-order valence-corrected chi connectivity index (χ2v) is 8.50. The van der Waals surface area contributed by atoms with Crippen LogP contribution < -0.4 is 5.48 Å². The first-order valence-corrected chi connectivity index (χ1v) is 11.4. The summed E-state index contributed by atoms with van der Waals surface area (Å²) in [6, 6.07) is 14.1. The van der Waals surface area contributed by atoms with Gasteiger partial charge in [-0.25, -0.2) is 13.9 Å². The highest BCUT2D eigenvalue weighted by molar-refractivity contribution is 7.93. The van der Waals surface area contributed by atoms with E-state index in [1.807, 2.05) is 6.07 Å². The normalized spacial score (nSPS) is 11.6. The standard InChI is InChI=1S/C19H16N4O5S2/c1-29-28-27-23-17-5-3-4-14-16(8-9-18(24)19(14)17)22-21-15-7-6-13(30(2,25)26)10-12(15)11-20/h3-10,23-24H,1-2H3. The van der Waals surface area contributed by atoms with Crippen molar-refractivity contribution in [1.82, 2.24) is 0 Å². The van der Waals surface area contributed by atoms with E-state index in [0.29, 0.717) is 22.1 Å². The highest BCUT2D eigenvalue weighted by atomic mass is 32.2. The highest BCUT2D eigenvalue weighted by Crippen LogP contribution is 2.38. The number of nitrogens with one attached hydrogen (secondary N) is 1. The lowest BCUT2D eigenvalue weighted by molar-refractivity contribution is -0.160. The second-order valence-electron chi connectivity index (χ2n) is 6.01. The van der Waals surface area contributed by atoms with E-state index in [0.717, 1.165) is 18.3 Å². The molecule has 0 aliphatic rings. The maximum atomic E-state index is 11.7. The number of azo groups is 1. The number of anilines is 1. The number of aromatic hydroxyl groups is 1. The number of rotatable bonds is 7. The lowest BCUT2D eigenvalue weighted by atomic mass is 10.1. The Morgan fingerprint density at radius 3 is 2.57 bits per heavy atom. The Bertz CT molecular complexity index is 1270. The van der Waals surface area contributed by atoms with Crippen LogP contribution in [0.5, 0.6) is 5.75 Å². The topological polar surface area (TPSA) is 133 Å². The molecule has 0 fully saturated rings. The molecule has 0 radical (unpaired) electrons. The summed E-state index contributed by atoms with van der Waals surface area (Å²) in [5.41, 5.74) is 3.77. The van der Waals surface area contributed by atoms with Gasteiger partial charge in [-0.05, 0) is 36.4 Å². The van der Waals surface area contributed by atoms with Gasteiger partial charge in [-0.1, -0.05) is 12.1 Å². The third-order valence-electron chi connectivity index (χ3n) is 4.03. The molecular weight excluding hydrogens is 428 g/mol. The molecule has 0 atom stereocenters. The van der Waals surface area contributed by atoms with E-state index in [2.05, 4.69) is 15.7 Å². The number of phenolic OH excluding ortho intramolecular Hbond substituents is 1. The molecule has 11 heteroatoms. The predicted molar refractivity (Wildman–Crippen MR) is 113 cm³/mol. The summed E-state index contributed by atoms with van der Waals surface area (Å²) >= 11 is 1.00. The Morgan fingerprint density at radius 1 is 1.13 bits per heavy atom. The fourth-order valence-corrected chi connectivity index (χ4v) is 3.42. The number of fused-ring (bicyclic) bond motifs is 1. The van der Waals surface area contributed by atoms with Crippen molar-refractivity contribution in [2.75, 3.05) is 18.0 Å². The Hall–Kier alpha value is -3.17. The molecule has 0 heterocycles. The monoisotopic (exact) mass is 444 g/mol. The smallest absolute Gasteiger partial charge is 0.175 e. The summed E-state index contributed by atoms with van der Waals surface area (Å²) in [5.74, 6) is -0.00461. The third kappa shape index (κ3) is 4.69. The van der Waals surface area contributed by atoms with Gasteiger partial charge < -0.3 is 5.11 Å². The fourth-order valence-electron chi connectivity index (χ4n) is 2.67. The molecular formula is C19H16N4O5S2. The van der Waals surface area contributed by atoms with E-state index in [-0.39, 0.29) is 21.9 Å². The molecule has 154 valence electrons. The number of benzene rings is 3. The van der Waals surface area contributed by atoms with E-state index in [1.165, 1.54) is 24.3 Å². The van der Waals surface area contributed by atoms with E-state index in [1.54, 1.807) is 30.5 Å². The van der Waals surface area contributed by atoms with Crippen molar-refractivity contribution in [1.29, 1.82) is 5.26 Å². The van der Waals surface area contributed by atoms with Gasteiger partial charge in [0.25, 0.3) is 0 Å². The SMILES string of the molecule is CSOONc1cccc2c(N=Nc3ccc(S(C)(=O)=O)cc3C#N)ccc(O)c12. The van der Waals surface area contributed by atoms with Gasteiger partial charge in [0.1, 0.15) is 17.5 Å². The molecule has 3 aromatic rings. The van der Waals surface area contributed by atoms with Crippen LogP contribution in [0.1, 0.15) is 5.56 Å². The van der Waals surface area contributed by atoms with Crippen LogP contribution >= 0.6 is 12.0 Å². The summed E-state index contributed by atoms with van der Waals surface area (Å²) in [6.07, 6.45) is 2.74. The molecule has 3 rings (SSSR count). The molecule has 0 saturated carbocycles. The van der Waals surface area contributed by atoms with Gasteiger partial charge in [0, 0.05) is 29.9 Å². The van der Waals surface area contributed by atoms with Crippen molar-refractivity contribution in [2.45, 2.75) is 4.90 Å². The Balaban J connectivity index is 2.02. The quantitative estimate of drug-likeness (QED) is 0.175. The van der Waals surface area contributed by atoms with Crippen molar-refractivity contribution in [2.24, 2.45) is 10.2 Å². The molecule has 9 nitrogen and oxygen atoms in total. The zero-order valence-corrected chi connectivity index (χ0v) is 17.5. The van der Waals surface area contributed by atoms with Crippen LogP contribution in [-0.2, 0) is 19.2 Å². The molecule has 0 spiro atoms. The first-order chi connectivity index (χ1) is 14.3. The average Bonchev–Trinajstić information content (AvgIpc) is 2.72. The maximum Gasteiger partial charge on any atom is 0.175 e. The van der Waals surface area contributed by atoms with Crippen LogP contribution in [0.15, 0.2) is 63.7 Å². The second kappa shape index (κ2) is 9.10. The van der Waals surface area contributed by atoms with Crippen LogP contribution in [-0.4, -0.2) is 26.0 Å². The predicted octanol–water partition coefficient (Wildman–Crippen LogP) is 4.79. The number of sulfone groups is 1. The van der Waals surface area contributed by atoms with E-state index < -0.39 is 9.84 Å². The highest BCUT2D eigenvalue weighted by Gasteiger charge is 2.12. The number of nitriles is 1. The first-order valence-electron chi connectivity index (χ1n) is 8.38. The van der Waals surface area contributed by atoms with Gasteiger partial charge in [0.05, 0.1) is 27.2 Å².